The van der Waals surface area contributed by atoms with E-state index in [1.807, 2.05) is 19.9 Å². The van der Waals surface area contributed by atoms with Gasteiger partial charge in [-0.2, -0.15) is 0 Å². The van der Waals surface area contributed by atoms with E-state index < -0.39 is 201 Å². The number of hydrogen-bond acceptors (Lipinski definition) is 28. The molecule has 0 bridgehead atoms. The van der Waals surface area contributed by atoms with Crippen LogP contribution in [0.25, 0.3) is 0 Å². The third-order valence-corrected chi connectivity index (χ3v) is 15.4. The molecule has 0 spiro atoms. The van der Waals surface area contributed by atoms with E-state index in [1.54, 1.807) is 0 Å². The molecule has 8 heterocycles. The standard InChI is InChI=1S/C36H44N8O32P4/c45-17-1-5-41(33(54)37-17)29-22(50)21(49)13(70-29)10-67-78(60,61)75-27-15(72-31(24(27)52)43-7-3-19(47)39-35(43)56)12-69-80(64,65)76-28-16(73-32(25(28)53)44-8-4-20(48)40-36(44)57)11-68-79(62,63)74-26-14(9-66-77(58)59)71-30(23(26)51)42-6-2-18(46)38-34(42)55/h1-8,13-16,21-32,49-53H,9-12H2,(H7-,37,38,39,40,45,46,47,48,54,55,56,57,58,59,60,61,62,63,64,65)/p+1/t13-,14-,15-,16-,21-,22-,23-,24-,25-,26-,27-,28-,29-,30-,31-,32-/m1/s1. The number of aliphatic hydroxyl groups is 5. The Balaban J connectivity index is 0.992. The predicted octanol–water partition coefficient (Wildman–Crippen LogP) is -7.25. The van der Waals surface area contributed by atoms with Crippen molar-refractivity contribution < 1.29 is 114 Å². The molecule has 4 fully saturated rings. The van der Waals surface area contributed by atoms with Crippen molar-refractivity contribution in [2.24, 2.45) is 0 Å². The SMILES string of the molecule is O=c1ccn([C@@H]2O[C@H](COP(=O)(O)O[C@H]3[C@@H](O)[C@H](n4ccc(=O)[nH]c4=O)O[C@@H]3COP(=O)(O)O[C@H]3[C@@H](O)[C@H](n4ccc(=O)[nH]c4=O)O[C@@H]3COP(=O)(O)O[C@H]3[C@@H](O)[C@H](n4ccc(=O)[nH]c4=O)O[C@@H]3CO[P+](=O)O)[C@@H](O)[C@H]2O)c(=O)[nH]1. The molecule has 0 aliphatic carbocycles. The average Bonchev–Trinajstić information content (AvgIpc) is 4.16. The fraction of sp³-hybridized carbons (Fsp3) is 0.556. The van der Waals surface area contributed by atoms with Crippen molar-refractivity contribution in [3.8, 4) is 0 Å². The quantitative estimate of drug-likeness (QED) is 0.0325. The first-order valence-electron chi connectivity index (χ1n) is 22.6. The van der Waals surface area contributed by atoms with Crippen LogP contribution in [0.15, 0.2) is 87.4 Å². The lowest BCUT2D eigenvalue weighted by molar-refractivity contribution is -0.0655. The molecule has 4 unspecified atom stereocenters. The summed E-state index contributed by atoms with van der Waals surface area (Å²) >= 11 is 0. The van der Waals surface area contributed by atoms with Gasteiger partial charge in [-0.05, 0) is 0 Å². The highest BCUT2D eigenvalue weighted by atomic mass is 31.2. The lowest BCUT2D eigenvalue weighted by Gasteiger charge is -2.26. The zero-order valence-electron chi connectivity index (χ0n) is 39.7. The number of ether oxygens (including phenoxy) is 4. The molecule has 80 heavy (non-hydrogen) atoms. The summed E-state index contributed by atoms with van der Waals surface area (Å²) in [5.41, 5.74) is -8.33. The second kappa shape index (κ2) is 24.3. The third-order valence-electron chi connectivity index (χ3n) is 12.1. The maximum Gasteiger partial charge on any atom is 0.694 e. The van der Waals surface area contributed by atoms with E-state index in [2.05, 4.69) is 4.52 Å². The lowest BCUT2D eigenvalue weighted by Crippen LogP contribution is -2.40. The van der Waals surface area contributed by atoms with Crippen LogP contribution in [-0.4, -0.2) is 183 Å². The van der Waals surface area contributed by atoms with E-state index in [-0.39, 0.29) is 0 Å². The van der Waals surface area contributed by atoms with E-state index in [0.717, 1.165) is 49.1 Å². The third kappa shape index (κ3) is 13.8. The number of hydrogen-bond donors (Lipinski definition) is 13. The van der Waals surface area contributed by atoms with Gasteiger partial charge in [-0.3, -0.25) is 84.5 Å². The number of nitrogens with zero attached hydrogens (tertiary/aromatic N) is 4. The van der Waals surface area contributed by atoms with Gasteiger partial charge in [-0.15, -0.1) is 9.42 Å². The van der Waals surface area contributed by atoms with E-state index in [0.29, 0.717) is 18.3 Å². The van der Waals surface area contributed by atoms with Crippen LogP contribution in [0.2, 0.25) is 0 Å². The van der Waals surface area contributed by atoms with Gasteiger partial charge in [0.05, 0.1) is 19.8 Å². The van der Waals surface area contributed by atoms with Gasteiger partial charge in [0.1, 0.15) is 79.9 Å². The van der Waals surface area contributed by atoms with E-state index in [4.69, 9.17) is 46.1 Å². The number of aliphatic hydroxyl groups excluding tert-OH is 5. The minimum Gasteiger partial charge on any atom is -0.387 e. The van der Waals surface area contributed by atoms with Crippen molar-refractivity contribution in [3.05, 3.63) is 132 Å². The Hall–Kier alpha value is -5.29. The van der Waals surface area contributed by atoms with Gasteiger partial charge in [0.2, 0.25) is 0 Å². The summed E-state index contributed by atoms with van der Waals surface area (Å²) in [6.45, 7) is -4.77. The van der Waals surface area contributed by atoms with Crippen LogP contribution in [-0.2, 0) is 68.9 Å². The van der Waals surface area contributed by atoms with Crippen molar-refractivity contribution in [1.29, 1.82) is 0 Å². The molecule has 8 rings (SSSR count). The Morgan fingerprint density at radius 2 is 0.700 bits per heavy atom. The first-order valence-corrected chi connectivity index (χ1v) is 28.2. The second-order valence-corrected chi connectivity index (χ2v) is 22.3. The second-order valence-electron chi connectivity index (χ2n) is 17.3. The summed E-state index contributed by atoms with van der Waals surface area (Å²) in [5.74, 6) is 0. The van der Waals surface area contributed by atoms with Gasteiger partial charge in [0.15, 0.2) is 24.9 Å². The molecule has 0 aromatic carbocycles. The Morgan fingerprint density at radius 3 is 0.988 bits per heavy atom. The van der Waals surface area contributed by atoms with Crippen LogP contribution in [0.4, 0.5) is 0 Å². The predicted molar refractivity (Wildman–Crippen MR) is 249 cm³/mol. The van der Waals surface area contributed by atoms with Crippen molar-refractivity contribution in [1.82, 2.24) is 38.2 Å². The van der Waals surface area contributed by atoms with Gasteiger partial charge in [0, 0.05) is 53.6 Å². The molecular formula is C36H45N8O32P4+. The molecule has 40 nitrogen and oxygen atoms in total. The van der Waals surface area contributed by atoms with Crippen LogP contribution < -0.4 is 45.0 Å². The highest BCUT2D eigenvalue weighted by Crippen LogP contribution is 2.53. The number of H-pyrrole nitrogens is 4. The zero-order valence-corrected chi connectivity index (χ0v) is 43.3. The molecular weight excluding hydrogens is 1180 g/mol. The minimum atomic E-state index is -5.82. The Kier molecular flexibility index (Phi) is 18.4. The number of aromatic nitrogens is 8. The van der Waals surface area contributed by atoms with Gasteiger partial charge in [0.25, 0.3) is 22.2 Å². The highest BCUT2D eigenvalue weighted by Gasteiger charge is 2.55. The number of nitrogens with one attached hydrogen (secondary N) is 4. The Labute approximate surface area is 440 Å². The van der Waals surface area contributed by atoms with Crippen molar-refractivity contribution in [3.63, 3.8) is 0 Å². The van der Waals surface area contributed by atoms with Crippen LogP contribution in [0.3, 0.4) is 0 Å². The fourth-order valence-electron chi connectivity index (χ4n) is 8.44. The number of aromatic amines is 4. The summed E-state index contributed by atoms with van der Waals surface area (Å²) < 4.78 is 112. The molecule has 0 radical (unpaired) electrons. The number of phosphoric acid groups is 3. The Bertz CT molecular complexity index is 3580. The maximum atomic E-state index is 13.8. The smallest absolute Gasteiger partial charge is 0.387 e. The monoisotopic (exact) mass is 1230 g/mol. The first kappa shape index (κ1) is 60.8. The summed E-state index contributed by atoms with van der Waals surface area (Å²) in [6, 6.07) is 3.27. The molecule has 0 amide bonds. The number of rotatable bonds is 22. The van der Waals surface area contributed by atoms with E-state index in [1.165, 1.54) is 0 Å². The van der Waals surface area contributed by atoms with Crippen molar-refractivity contribution in [2.45, 2.75) is 98.2 Å². The van der Waals surface area contributed by atoms with Crippen molar-refractivity contribution in [2.75, 3.05) is 26.4 Å². The zero-order chi connectivity index (χ0) is 58.3. The normalized spacial score (nSPS) is 33.0. The van der Waals surface area contributed by atoms with Crippen molar-refractivity contribution >= 4 is 31.7 Å². The minimum absolute atomic E-state index is 0.528. The van der Waals surface area contributed by atoms with E-state index in [9.17, 15) is 102 Å². The van der Waals surface area contributed by atoms with Crippen LogP contribution in [0.5, 0.6) is 0 Å². The van der Waals surface area contributed by atoms with Gasteiger partial charge in [-0.1, -0.05) is 0 Å². The van der Waals surface area contributed by atoms with Gasteiger partial charge >= 0.3 is 54.5 Å². The summed E-state index contributed by atoms with van der Waals surface area (Å²) in [5, 5.41) is 55.1. The highest BCUT2D eigenvalue weighted by molar-refractivity contribution is 7.48. The maximum absolute atomic E-state index is 13.8. The fourth-order valence-corrected chi connectivity index (χ4v) is 11.6. The van der Waals surface area contributed by atoms with Gasteiger partial charge in [-0.25, -0.2) is 32.9 Å². The molecule has 13 N–H and O–H groups in total. The molecule has 4 aromatic heterocycles. The van der Waals surface area contributed by atoms with E-state index >= 15 is 0 Å². The molecule has 440 valence electrons. The van der Waals surface area contributed by atoms with Gasteiger partial charge < -0.3 is 59.2 Å². The lowest BCUT2D eigenvalue weighted by atomic mass is 10.1. The van der Waals surface area contributed by atoms with Crippen LogP contribution >= 0.6 is 31.7 Å². The first-order chi connectivity index (χ1) is 37.5. The molecule has 44 heteroatoms. The number of phosphoric ester groups is 3. The topological polar surface area (TPSA) is 571 Å². The Morgan fingerprint density at radius 1 is 0.438 bits per heavy atom. The molecule has 4 aliphatic heterocycles. The molecule has 4 aliphatic rings. The summed E-state index contributed by atoms with van der Waals surface area (Å²) in [6.07, 6.45) is -28.9. The summed E-state index contributed by atoms with van der Waals surface area (Å²) in [7, 11) is -20.5. The molecule has 4 aromatic rings. The molecule has 4 saturated heterocycles. The summed E-state index contributed by atoms with van der Waals surface area (Å²) in [4.78, 5) is 147. The van der Waals surface area contributed by atoms with Crippen LogP contribution in [0.1, 0.15) is 24.9 Å². The molecule has 0 saturated carbocycles. The molecule has 20 atom stereocenters. The largest absolute Gasteiger partial charge is 0.694 e. The average molecular weight is 1230 g/mol. The van der Waals surface area contributed by atoms with Crippen LogP contribution in [0, 0.1) is 0 Å².